The Kier molecular flexibility index (Phi) is 3.93. The molecule has 2 heterocycles. The van der Waals surface area contributed by atoms with Crippen LogP contribution in [-0.4, -0.2) is 30.9 Å². The molecule has 1 atom stereocenters. The first-order chi connectivity index (χ1) is 8.06. The maximum absolute atomic E-state index is 11.1. The number of hydrogen-bond donors (Lipinski definition) is 0. The van der Waals surface area contributed by atoms with Gasteiger partial charge in [0.1, 0.15) is 6.26 Å². The summed E-state index contributed by atoms with van der Waals surface area (Å²) >= 11 is 2.28. The predicted octanol–water partition coefficient (Wildman–Crippen LogP) is 1.79. The van der Waals surface area contributed by atoms with Crippen molar-refractivity contribution in [3.8, 4) is 0 Å². The molecule has 17 heavy (non-hydrogen) atoms. The minimum Gasteiger partial charge on any atom is -0.610 e. The monoisotopic (exact) mass is 308 g/mol. The smallest absolute Gasteiger partial charge is 0.451 e. The fourth-order valence-corrected chi connectivity index (χ4v) is 4.52. The van der Waals surface area contributed by atoms with Crippen molar-refractivity contribution < 1.29 is 9.48 Å². The van der Waals surface area contributed by atoms with E-state index in [4.69, 9.17) is 0 Å². The average molecular weight is 308 g/mol. The van der Waals surface area contributed by atoms with E-state index in [-0.39, 0.29) is 5.13 Å². The number of nitrogens with zero attached hydrogens (tertiary/aromatic N) is 4. The van der Waals surface area contributed by atoms with Crippen LogP contribution in [-0.2, 0) is 11.2 Å². The minimum atomic E-state index is -1.12. The summed E-state index contributed by atoms with van der Waals surface area (Å²) in [6, 6.07) is 0. The predicted molar refractivity (Wildman–Crippen MR) is 65.1 cm³/mol. The zero-order valence-corrected chi connectivity index (χ0v) is 11.5. The summed E-state index contributed by atoms with van der Waals surface area (Å²) in [5.74, 6) is 0. The van der Waals surface area contributed by atoms with Crippen molar-refractivity contribution in [2.45, 2.75) is 12.9 Å². The first kappa shape index (κ1) is 12.7. The lowest BCUT2D eigenvalue weighted by Gasteiger charge is -1.95. The molecule has 0 saturated heterocycles. The van der Waals surface area contributed by atoms with Gasteiger partial charge in [-0.15, -0.1) is 0 Å². The van der Waals surface area contributed by atoms with Crippen molar-refractivity contribution in [2.24, 2.45) is 0 Å². The molecule has 0 aliphatic rings. The van der Waals surface area contributed by atoms with Crippen LogP contribution in [0.25, 0.3) is 0 Å². The molecule has 90 valence electrons. The largest absolute Gasteiger partial charge is 0.610 e. The van der Waals surface area contributed by atoms with E-state index >= 15 is 0 Å². The third-order valence-corrected chi connectivity index (χ3v) is 5.82. The minimum absolute atomic E-state index is 0.240. The van der Waals surface area contributed by atoms with Crippen LogP contribution < -0.4 is 0 Å². The summed E-state index contributed by atoms with van der Waals surface area (Å²) in [6.45, 7) is 0. The summed E-state index contributed by atoms with van der Waals surface area (Å²) in [7, 11) is 0. The summed E-state index contributed by atoms with van der Waals surface area (Å²) in [6.07, 6.45) is 3.11. The zero-order chi connectivity index (χ0) is 12.4. The van der Waals surface area contributed by atoms with E-state index in [0.717, 1.165) is 15.5 Å². The van der Waals surface area contributed by atoms with Crippen molar-refractivity contribution in [1.29, 1.82) is 0 Å². The van der Waals surface area contributed by atoms with Gasteiger partial charge in [-0.05, 0) is 33.1 Å². The van der Waals surface area contributed by atoms with Gasteiger partial charge in [0.2, 0.25) is 4.34 Å². The molecule has 0 fully saturated rings. The Labute approximate surface area is 111 Å². The number of nitro groups is 1. The second-order valence-corrected chi connectivity index (χ2v) is 7.70. The standard InChI is InChI=1S/C6H4N4O3S4/c1-17(13)6-7-2-3(15-6)14-5-9-8-4(16-5)10(11)12/h2H,1H3. The van der Waals surface area contributed by atoms with E-state index in [1.807, 2.05) is 0 Å². The number of thiazole rings is 1. The van der Waals surface area contributed by atoms with Crippen molar-refractivity contribution >= 4 is 50.7 Å². The molecular formula is C6H4N4O3S4. The van der Waals surface area contributed by atoms with Crippen LogP contribution in [0.3, 0.4) is 0 Å². The molecule has 0 amide bonds. The van der Waals surface area contributed by atoms with Crippen LogP contribution in [0.2, 0.25) is 0 Å². The lowest BCUT2D eigenvalue weighted by molar-refractivity contribution is -0.385. The number of aromatic nitrogens is 3. The van der Waals surface area contributed by atoms with Crippen LogP contribution >= 0.6 is 34.4 Å². The van der Waals surface area contributed by atoms with Gasteiger partial charge in [-0.25, -0.2) is 0 Å². The third kappa shape index (κ3) is 3.13. The molecule has 0 aromatic carbocycles. The Hall–Kier alpha value is -0.750. The third-order valence-electron chi connectivity index (χ3n) is 1.45. The highest BCUT2D eigenvalue weighted by atomic mass is 32.2. The van der Waals surface area contributed by atoms with E-state index in [0.29, 0.717) is 8.68 Å². The normalized spacial score (nSPS) is 12.6. The van der Waals surface area contributed by atoms with Gasteiger partial charge in [-0.3, -0.25) is 0 Å². The maximum Gasteiger partial charge on any atom is 0.451 e. The highest BCUT2D eigenvalue weighted by Crippen LogP contribution is 2.36. The van der Waals surface area contributed by atoms with Gasteiger partial charge in [0.15, 0.2) is 0 Å². The molecule has 1 unspecified atom stereocenters. The fourth-order valence-electron chi connectivity index (χ4n) is 0.828. The molecule has 0 saturated carbocycles. The Morgan fingerprint density at radius 2 is 2.24 bits per heavy atom. The molecule has 2 aromatic heterocycles. The second-order valence-electron chi connectivity index (χ2n) is 2.61. The van der Waals surface area contributed by atoms with Crippen molar-refractivity contribution in [1.82, 2.24) is 15.2 Å². The van der Waals surface area contributed by atoms with Gasteiger partial charge < -0.3 is 14.7 Å². The summed E-state index contributed by atoms with van der Waals surface area (Å²) in [5, 5.41) is 17.3. The number of hydrogen-bond acceptors (Lipinski definition) is 9. The summed E-state index contributed by atoms with van der Waals surface area (Å²) < 4.78 is 12.9. The summed E-state index contributed by atoms with van der Waals surface area (Å²) in [4.78, 5) is 13.8. The van der Waals surface area contributed by atoms with Crippen LogP contribution in [0.1, 0.15) is 0 Å². The second kappa shape index (κ2) is 5.27. The molecule has 2 rings (SSSR count). The molecule has 0 N–H and O–H groups in total. The molecule has 0 bridgehead atoms. The first-order valence-corrected chi connectivity index (χ1v) is 8.02. The Morgan fingerprint density at radius 3 is 2.76 bits per heavy atom. The Bertz CT molecular complexity index is 539. The quantitative estimate of drug-likeness (QED) is 0.481. The summed E-state index contributed by atoms with van der Waals surface area (Å²) in [5.41, 5.74) is 0. The molecule has 0 aliphatic carbocycles. The Morgan fingerprint density at radius 1 is 1.47 bits per heavy atom. The van der Waals surface area contributed by atoms with Crippen molar-refractivity contribution in [3.63, 3.8) is 0 Å². The van der Waals surface area contributed by atoms with E-state index in [1.54, 1.807) is 12.5 Å². The van der Waals surface area contributed by atoms with E-state index in [9.17, 15) is 14.7 Å². The first-order valence-electron chi connectivity index (χ1n) is 4.01. The van der Waals surface area contributed by atoms with Crippen molar-refractivity contribution in [3.05, 3.63) is 16.3 Å². The highest BCUT2D eigenvalue weighted by Gasteiger charge is 2.18. The highest BCUT2D eigenvalue weighted by molar-refractivity contribution is 8.03. The van der Waals surface area contributed by atoms with Gasteiger partial charge in [0.05, 0.1) is 15.5 Å². The molecule has 0 radical (unpaired) electrons. The van der Waals surface area contributed by atoms with E-state index in [1.165, 1.54) is 23.1 Å². The molecular weight excluding hydrogens is 304 g/mol. The fraction of sp³-hybridized carbons (Fsp3) is 0.167. The molecule has 0 spiro atoms. The van der Waals surface area contributed by atoms with E-state index in [2.05, 4.69) is 15.2 Å². The van der Waals surface area contributed by atoms with Gasteiger partial charge in [-0.1, -0.05) is 11.3 Å². The van der Waals surface area contributed by atoms with Gasteiger partial charge in [-0.2, -0.15) is 4.98 Å². The zero-order valence-electron chi connectivity index (χ0n) is 8.22. The van der Waals surface area contributed by atoms with Crippen LogP contribution in [0.15, 0.2) is 19.1 Å². The van der Waals surface area contributed by atoms with Crippen molar-refractivity contribution in [2.75, 3.05) is 6.26 Å². The maximum atomic E-state index is 11.1. The van der Waals surface area contributed by atoms with E-state index < -0.39 is 16.1 Å². The number of rotatable bonds is 4. The molecule has 0 aliphatic heterocycles. The lowest BCUT2D eigenvalue weighted by atomic mass is 11.0. The molecule has 7 nitrogen and oxygen atoms in total. The SMILES string of the molecule is C[S+]([O-])c1ncc(Sc2nnc([N+](=O)[O-])s2)s1. The molecule has 2 aromatic rings. The van der Waals surface area contributed by atoms with Crippen LogP contribution in [0.4, 0.5) is 5.13 Å². The van der Waals surface area contributed by atoms with Crippen LogP contribution in [0, 0.1) is 10.1 Å². The van der Waals surface area contributed by atoms with Gasteiger partial charge in [0.25, 0.3) is 0 Å². The van der Waals surface area contributed by atoms with Gasteiger partial charge in [0, 0.05) is 11.2 Å². The topological polar surface area (TPSA) is 105 Å². The average Bonchev–Trinajstić information content (AvgIpc) is 2.87. The van der Waals surface area contributed by atoms with Crippen LogP contribution in [0.5, 0.6) is 0 Å². The van der Waals surface area contributed by atoms with Gasteiger partial charge >= 0.3 is 9.47 Å². The lowest BCUT2D eigenvalue weighted by Crippen LogP contribution is -1.94. The molecule has 11 heteroatoms. The Balaban J connectivity index is 2.11.